The zero-order valence-corrected chi connectivity index (χ0v) is 14.4. The van der Waals surface area contributed by atoms with Crippen LogP contribution in [0.3, 0.4) is 0 Å². The third-order valence-corrected chi connectivity index (χ3v) is 5.05. The van der Waals surface area contributed by atoms with Crippen LogP contribution in [0.4, 0.5) is 0 Å². The summed E-state index contributed by atoms with van der Waals surface area (Å²) < 4.78 is 5.10. The van der Waals surface area contributed by atoms with Gasteiger partial charge in [0.25, 0.3) is 0 Å². The van der Waals surface area contributed by atoms with Crippen molar-refractivity contribution in [1.82, 2.24) is 4.90 Å². The maximum Gasteiger partial charge on any atom is 0.332 e. The van der Waals surface area contributed by atoms with Crippen LogP contribution in [-0.2, 0) is 9.59 Å². The largest absolute Gasteiger partial charge is 0.497 e. The number of amides is 1. The number of hydrogen-bond donors (Lipinski definition) is 1. The van der Waals surface area contributed by atoms with Crippen molar-refractivity contribution < 1.29 is 19.4 Å². The fourth-order valence-corrected chi connectivity index (χ4v) is 3.58. The van der Waals surface area contributed by atoms with Crippen LogP contribution in [0.5, 0.6) is 5.75 Å². The molecular formula is C20H23NO4. The lowest BCUT2D eigenvalue weighted by molar-refractivity contribution is -0.136. The Bertz CT molecular complexity index is 689. The van der Waals surface area contributed by atoms with Gasteiger partial charge in [0.15, 0.2) is 0 Å². The van der Waals surface area contributed by atoms with Crippen LogP contribution in [0.15, 0.2) is 42.0 Å². The third-order valence-electron chi connectivity index (χ3n) is 5.05. The molecule has 1 amide bonds. The first-order chi connectivity index (χ1) is 12.1. The van der Waals surface area contributed by atoms with Crippen molar-refractivity contribution in [3.8, 4) is 5.75 Å². The number of methoxy groups -OCH3 is 1. The molecule has 0 bridgehead atoms. The van der Waals surface area contributed by atoms with E-state index in [4.69, 9.17) is 4.74 Å². The second kappa shape index (κ2) is 7.55. The number of fused-ring (bicyclic) bond motifs is 1. The van der Waals surface area contributed by atoms with E-state index in [-0.39, 0.29) is 17.9 Å². The van der Waals surface area contributed by atoms with E-state index in [0.29, 0.717) is 17.6 Å². The number of carboxylic acids is 1. The Labute approximate surface area is 147 Å². The lowest BCUT2D eigenvalue weighted by Crippen LogP contribution is -2.29. The highest BCUT2D eigenvalue weighted by atomic mass is 16.5. The molecule has 3 rings (SSSR count). The highest BCUT2D eigenvalue weighted by molar-refractivity contribution is 5.98. The average molecular weight is 341 g/mol. The average Bonchev–Trinajstić information content (AvgIpc) is 3.06. The van der Waals surface area contributed by atoms with E-state index in [1.807, 2.05) is 4.90 Å². The summed E-state index contributed by atoms with van der Waals surface area (Å²) in [6, 6.07) is 7.10. The van der Waals surface area contributed by atoms with E-state index in [2.05, 4.69) is 12.2 Å². The number of ether oxygens (including phenoxy) is 1. The van der Waals surface area contributed by atoms with Crippen LogP contribution in [0, 0.1) is 11.8 Å². The summed E-state index contributed by atoms with van der Waals surface area (Å²) >= 11 is 0. The summed E-state index contributed by atoms with van der Waals surface area (Å²) in [6.07, 6.45) is 7.88. The van der Waals surface area contributed by atoms with E-state index in [9.17, 15) is 14.7 Å². The Hall–Kier alpha value is -2.56. The van der Waals surface area contributed by atoms with Gasteiger partial charge in [0.2, 0.25) is 5.91 Å². The quantitative estimate of drug-likeness (QED) is 0.660. The molecule has 0 radical (unpaired) electrons. The zero-order valence-electron chi connectivity index (χ0n) is 14.4. The van der Waals surface area contributed by atoms with E-state index in [1.165, 1.54) is 0 Å². The molecule has 5 heteroatoms. The van der Waals surface area contributed by atoms with Gasteiger partial charge < -0.3 is 14.7 Å². The highest BCUT2D eigenvalue weighted by Gasteiger charge is 2.35. The molecule has 1 aliphatic heterocycles. The predicted octanol–water partition coefficient (Wildman–Crippen LogP) is 2.98. The number of carbonyl (C=O) groups is 2. The molecule has 1 N–H and O–H groups in total. The molecule has 5 nitrogen and oxygen atoms in total. The predicted molar refractivity (Wildman–Crippen MR) is 95.2 cm³/mol. The van der Waals surface area contributed by atoms with E-state index < -0.39 is 5.97 Å². The molecule has 1 saturated heterocycles. The van der Waals surface area contributed by atoms with Gasteiger partial charge >= 0.3 is 5.97 Å². The van der Waals surface area contributed by atoms with Gasteiger partial charge in [-0.25, -0.2) is 4.79 Å². The molecule has 1 heterocycles. The van der Waals surface area contributed by atoms with Crippen molar-refractivity contribution in [3.05, 3.63) is 47.6 Å². The number of likely N-dealkylation sites (tertiary alicyclic amines) is 1. The maximum absolute atomic E-state index is 12.6. The van der Waals surface area contributed by atoms with E-state index >= 15 is 0 Å². The molecule has 2 atom stereocenters. The molecule has 25 heavy (non-hydrogen) atoms. The highest BCUT2D eigenvalue weighted by Crippen LogP contribution is 2.33. The summed E-state index contributed by atoms with van der Waals surface area (Å²) in [5.41, 5.74) is 0.855. The second-order valence-corrected chi connectivity index (χ2v) is 6.69. The van der Waals surface area contributed by atoms with Crippen molar-refractivity contribution >= 4 is 18.0 Å². The van der Waals surface area contributed by atoms with Crippen LogP contribution < -0.4 is 4.74 Å². The molecule has 132 valence electrons. The summed E-state index contributed by atoms with van der Waals surface area (Å²) in [5.74, 6) is 0.595. The summed E-state index contributed by atoms with van der Waals surface area (Å²) in [4.78, 5) is 26.0. The first kappa shape index (κ1) is 17.3. The lowest BCUT2D eigenvalue weighted by atomic mass is 9.86. The van der Waals surface area contributed by atoms with Crippen LogP contribution in [0.1, 0.15) is 24.8 Å². The van der Waals surface area contributed by atoms with Crippen LogP contribution >= 0.6 is 0 Å². The minimum absolute atomic E-state index is 0.0752. The van der Waals surface area contributed by atoms with E-state index in [0.717, 1.165) is 31.5 Å². The van der Waals surface area contributed by atoms with Gasteiger partial charge in [0.1, 0.15) is 5.75 Å². The van der Waals surface area contributed by atoms with E-state index in [1.54, 1.807) is 37.5 Å². The van der Waals surface area contributed by atoms with Crippen molar-refractivity contribution in [1.29, 1.82) is 0 Å². The van der Waals surface area contributed by atoms with Gasteiger partial charge in [0, 0.05) is 18.7 Å². The molecule has 1 fully saturated rings. The Kier molecular flexibility index (Phi) is 5.22. The van der Waals surface area contributed by atoms with Crippen LogP contribution in [0.2, 0.25) is 0 Å². The molecule has 1 aliphatic carbocycles. The SMILES string of the molecule is COc1ccc(C=C(CC(=O)N2C[C@H]3CC=CC[C@H]3C2)C(=O)O)cc1. The number of aliphatic carboxylic acids is 1. The number of allylic oxidation sites excluding steroid dienone is 2. The minimum Gasteiger partial charge on any atom is -0.497 e. The normalized spacial score (nSPS) is 22.6. The first-order valence-corrected chi connectivity index (χ1v) is 8.57. The van der Waals surface area contributed by atoms with Crippen molar-refractivity contribution in [2.24, 2.45) is 11.8 Å². The molecule has 2 aliphatic rings. The molecule has 0 aromatic heterocycles. The lowest BCUT2D eigenvalue weighted by Gasteiger charge is -2.17. The van der Waals surface area contributed by atoms with Gasteiger partial charge in [-0.15, -0.1) is 0 Å². The number of carbonyl (C=O) groups excluding carboxylic acids is 1. The first-order valence-electron chi connectivity index (χ1n) is 8.57. The smallest absolute Gasteiger partial charge is 0.332 e. The summed E-state index contributed by atoms with van der Waals surface area (Å²) in [5, 5.41) is 9.46. The fraction of sp³-hybridized carbons (Fsp3) is 0.400. The Balaban J connectivity index is 1.68. The molecule has 1 aromatic rings. The van der Waals surface area contributed by atoms with Gasteiger partial charge in [-0.2, -0.15) is 0 Å². The molecule has 1 aromatic carbocycles. The van der Waals surface area contributed by atoms with Crippen molar-refractivity contribution in [2.45, 2.75) is 19.3 Å². The standard InChI is InChI=1S/C20H23NO4/c1-25-18-8-6-14(7-9-18)10-17(20(23)24)11-19(22)21-12-15-4-2-3-5-16(15)13-21/h2-3,6-10,15-16H,4-5,11-13H2,1H3,(H,23,24)/t15-,16+. The number of rotatable bonds is 5. The molecule has 0 saturated carbocycles. The number of carboxylic acid groups (broad SMARTS) is 1. The summed E-state index contributed by atoms with van der Waals surface area (Å²) in [6.45, 7) is 1.48. The Morgan fingerprint density at radius 1 is 1.16 bits per heavy atom. The fourth-order valence-electron chi connectivity index (χ4n) is 3.58. The minimum atomic E-state index is -1.05. The zero-order chi connectivity index (χ0) is 17.8. The van der Waals surface area contributed by atoms with Crippen LogP contribution in [0.25, 0.3) is 6.08 Å². The monoisotopic (exact) mass is 341 g/mol. The topological polar surface area (TPSA) is 66.8 Å². The van der Waals surface area contributed by atoms with Gasteiger partial charge in [-0.05, 0) is 48.4 Å². The van der Waals surface area contributed by atoms with Crippen molar-refractivity contribution in [2.75, 3.05) is 20.2 Å². The molecule has 0 unspecified atom stereocenters. The number of benzene rings is 1. The number of nitrogens with zero attached hydrogens (tertiary/aromatic N) is 1. The van der Waals surface area contributed by atoms with Crippen LogP contribution in [-0.4, -0.2) is 42.1 Å². The number of hydrogen-bond acceptors (Lipinski definition) is 3. The Morgan fingerprint density at radius 3 is 2.28 bits per heavy atom. The van der Waals surface area contributed by atoms with Gasteiger partial charge in [-0.1, -0.05) is 24.3 Å². The maximum atomic E-state index is 12.6. The Morgan fingerprint density at radius 2 is 1.76 bits per heavy atom. The van der Waals surface area contributed by atoms with Crippen molar-refractivity contribution in [3.63, 3.8) is 0 Å². The van der Waals surface area contributed by atoms with Gasteiger partial charge in [0.05, 0.1) is 13.5 Å². The summed E-state index contributed by atoms with van der Waals surface area (Å²) in [7, 11) is 1.58. The molecule has 0 spiro atoms. The van der Waals surface area contributed by atoms with Gasteiger partial charge in [-0.3, -0.25) is 4.79 Å². The molecular weight excluding hydrogens is 318 g/mol. The third kappa shape index (κ3) is 4.10. The second-order valence-electron chi connectivity index (χ2n) is 6.69.